The Bertz CT molecular complexity index is 1480. The van der Waals surface area contributed by atoms with Gasteiger partial charge in [-0.25, -0.2) is 9.48 Å². The van der Waals surface area contributed by atoms with Crippen LogP contribution in [0.25, 0.3) is 5.69 Å². The van der Waals surface area contributed by atoms with Crippen molar-refractivity contribution in [2.24, 2.45) is 0 Å². The van der Waals surface area contributed by atoms with E-state index in [0.29, 0.717) is 35.1 Å². The minimum Gasteiger partial charge on any atom is -0.445 e. The molecule has 1 unspecified atom stereocenters. The molecule has 0 saturated heterocycles. The normalized spacial score (nSPS) is 11.3. The standard InChI is InChI=1S/C30H28ClN5O3/c1-20-8-10-23(11-9-20)28(37)27-26(18-32)29(36(35-27)25-14-12-24(31)13-15-25)33-17-16-21(2)34-30(38)39-19-22-6-4-3-5-7-22/h3-15,21,33H,16-17,19H2,1-2H3,(H,34,38). The van der Waals surface area contributed by atoms with Crippen molar-refractivity contribution >= 4 is 29.3 Å². The van der Waals surface area contributed by atoms with E-state index in [4.69, 9.17) is 16.3 Å². The molecule has 0 aliphatic carbocycles. The van der Waals surface area contributed by atoms with E-state index in [1.807, 2.05) is 56.3 Å². The van der Waals surface area contributed by atoms with Crippen molar-refractivity contribution in [1.82, 2.24) is 15.1 Å². The number of amides is 1. The van der Waals surface area contributed by atoms with Crippen LogP contribution < -0.4 is 10.6 Å². The highest BCUT2D eigenvalue weighted by molar-refractivity contribution is 6.30. The summed E-state index contributed by atoms with van der Waals surface area (Å²) in [5, 5.41) is 21.2. The molecule has 1 heterocycles. The number of nitrogens with zero attached hydrogens (tertiary/aromatic N) is 3. The maximum atomic E-state index is 13.3. The topological polar surface area (TPSA) is 109 Å². The van der Waals surface area contributed by atoms with Crippen molar-refractivity contribution < 1.29 is 14.3 Å². The highest BCUT2D eigenvalue weighted by Gasteiger charge is 2.25. The smallest absolute Gasteiger partial charge is 0.407 e. The van der Waals surface area contributed by atoms with Gasteiger partial charge in [-0.1, -0.05) is 71.8 Å². The van der Waals surface area contributed by atoms with E-state index in [0.717, 1.165) is 11.1 Å². The number of carbonyl (C=O) groups excluding carboxylic acids is 2. The van der Waals surface area contributed by atoms with E-state index < -0.39 is 6.09 Å². The van der Waals surface area contributed by atoms with E-state index in [1.54, 1.807) is 36.4 Å². The van der Waals surface area contributed by atoms with Crippen LogP contribution in [0.2, 0.25) is 5.02 Å². The van der Waals surface area contributed by atoms with Crippen molar-refractivity contribution in [2.75, 3.05) is 11.9 Å². The van der Waals surface area contributed by atoms with Crippen molar-refractivity contribution in [2.45, 2.75) is 32.9 Å². The van der Waals surface area contributed by atoms with E-state index in [2.05, 4.69) is 21.8 Å². The first-order chi connectivity index (χ1) is 18.9. The second-order valence-corrected chi connectivity index (χ2v) is 9.53. The lowest BCUT2D eigenvalue weighted by Crippen LogP contribution is -2.34. The number of nitrogens with one attached hydrogen (secondary N) is 2. The molecule has 1 atom stereocenters. The molecular formula is C30H28ClN5O3. The summed E-state index contributed by atoms with van der Waals surface area (Å²) in [6.45, 7) is 4.37. The summed E-state index contributed by atoms with van der Waals surface area (Å²) in [6, 6.07) is 25.4. The third-order valence-corrected chi connectivity index (χ3v) is 6.30. The van der Waals surface area contributed by atoms with Gasteiger partial charge in [0.15, 0.2) is 5.69 Å². The Hall–Kier alpha value is -4.61. The first kappa shape index (κ1) is 27.4. The van der Waals surface area contributed by atoms with Crippen LogP contribution in [0, 0.1) is 18.3 Å². The van der Waals surface area contributed by atoms with E-state index >= 15 is 0 Å². The molecule has 0 saturated carbocycles. The number of rotatable bonds is 10. The molecule has 0 radical (unpaired) electrons. The molecule has 8 nitrogen and oxygen atoms in total. The number of ketones is 1. The SMILES string of the molecule is Cc1ccc(C(=O)c2nn(-c3ccc(Cl)cc3)c(NCCC(C)NC(=O)OCc3ccccc3)c2C#N)cc1. The number of hydrogen-bond acceptors (Lipinski definition) is 6. The number of aryl methyl sites for hydroxylation is 1. The Morgan fingerprint density at radius 1 is 1.05 bits per heavy atom. The average Bonchev–Trinajstić information content (AvgIpc) is 3.31. The van der Waals surface area contributed by atoms with Gasteiger partial charge in [0.25, 0.3) is 0 Å². The lowest BCUT2D eigenvalue weighted by atomic mass is 10.0. The Morgan fingerprint density at radius 3 is 2.41 bits per heavy atom. The van der Waals surface area contributed by atoms with Crippen LogP contribution in [-0.2, 0) is 11.3 Å². The van der Waals surface area contributed by atoms with Crippen LogP contribution in [0.4, 0.5) is 10.6 Å². The number of aromatic nitrogens is 2. The van der Waals surface area contributed by atoms with Crippen LogP contribution >= 0.6 is 11.6 Å². The fourth-order valence-corrected chi connectivity index (χ4v) is 4.03. The molecule has 0 aliphatic heterocycles. The number of carbonyl (C=O) groups is 2. The summed E-state index contributed by atoms with van der Waals surface area (Å²) in [4.78, 5) is 25.5. The highest BCUT2D eigenvalue weighted by atomic mass is 35.5. The zero-order valence-electron chi connectivity index (χ0n) is 21.6. The molecule has 0 fully saturated rings. The number of hydrogen-bond donors (Lipinski definition) is 2. The van der Waals surface area contributed by atoms with Gasteiger partial charge in [-0.2, -0.15) is 10.4 Å². The summed E-state index contributed by atoms with van der Waals surface area (Å²) in [7, 11) is 0. The molecule has 9 heteroatoms. The highest BCUT2D eigenvalue weighted by Crippen LogP contribution is 2.26. The minimum atomic E-state index is -0.513. The monoisotopic (exact) mass is 541 g/mol. The molecule has 4 aromatic rings. The van der Waals surface area contributed by atoms with Gasteiger partial charge >= 0.3 is 6.09 Å². The van der Waals surface area contributed by atoms with Crippen molar-refractivity contribution in [3.63, 3.8) is 0 Å². The minimum absolute atomic E-state index is 0.0504. The lowest BCUT2D eigenvalue weighted by Gasteiger charge is -2.15. The molecule has 4 rings (SSSR count). The molecule has 1 aromatic heterocycles. The van der Waals surface area contributed by atoms with Gasteiger partial charge in [0.05, 0.1) is 5.69 Å². The van der Waals surface area contributed by atoms with Crippen molar-refractivity contribution in [3.05, 3.63) is 112 Å². The Kier molecular flexibility index (Phi) is 8.97. The van der Waals surface area contributed by atoms with Crippen LogP contribution in [0.3, 0.4) is 0 Å². The van der Waals surface area contributed by atoms with Gasteiger partial charge in [-0.15, -0.1) is 0 Å². The van der Waals surface area contributed by atoms with Crippen LogP contribution in [0.5, 0.6) is 0 Å². The fourth-order valence-electron chi connectivity index (χ4n) is 3.90. The van der Waals surface area contributed by atoms with Crippen LogP contribution in [0.15, 0.2) is 78.9 Å². The van der Waals surface area contributed by atoms with Crippen LogP contribution in [0.1, 0.15) is 46.1 Å². The van der Waals surface area contributed by atoms with Gasteiger partial charge in [0.1, 0.15) is 24.1 Å². The molecular weight excluding hydrogens is 514 g/mol. The quantitative estimate of drug-likeness (QED) is 0.236. The predicted octanol–water partition coefficient (Wildman–Crippen LogP) is 6.05. The zero-order valence-corrected chi connectivity index (χ0v) is 22.4. The van der Waals surface area contributed by atoms with E-state index in [1.165, 1.54) is 4.68 Å². The third kappa shape index (κ3) is 7.03. The molecule has 0 aliphatic rings. The second kappa shape index (κ2) is 12.8. The fraction of sp³-hybridized carbons (Fsp3) is 0.200. The van der Waals surface area contributed by atoms with Gasteiger partial charge in [0.2, 0.25) is 5.78 Å². The molecule has 39 heavy (non-hydrogen) atoms. The van der Waals surface area contributed by atoms with E-state index in [9.17, 15) is 14.9 Å². The maximum Gasteiger partial charge on any atom is 0.407 e. The number of anilines is 1. The number of nitriles is 1. The number of halogens is 1. The average molecular weight is 542 g/mol. The first-order valence-corrected chi connectivity index (χ1v) is 12.8. The Labute approximate surface area is 232 Å². The zero-order chi connectivity index (χ0) is 27.8. The third-order valence-electron chi connectivity index (χ3n) is 6.04. The summed E-state index contributed by atoms with van der Waals surface area (Å²) >= 11 is 6.07. The number of benzene rings is 3. The molecule has 0 spiro atoms. The number of alkyl carbamates (subject to hydrolysis) is 1. The lowest BCUT2D eigenvalue weighted by molar-refractivity contribution is 0.103. The summed E-state index contributed by atoms with van der Waals surface area (Å²) in [6.07, 6.45) is 0.0134. The Balaban J connectivity index is 1.48. The van der Waals surface area contributed by atoms with Gasteiger partial charge < -0.3 is 15.4 Å². The molecule has 0 bridgehead atoms. The largest absolute Gasteiger partial charge is 0.445 e. The van der Waals surface area contributed by atoms with E-state index in [-0.39, 0.29) is 29.7 Å². The molecule has 1 amide bonds. The first-order valence-electron chi connectivity index (χ1n) is 12.5. The molecule has 3 aromatic carbocycles. The molecule has 198 valence electrons. The van der Waals surface area contributed by atoms with Gasteiger partial charge in [0, 0.05) is 23.2 Å². The predicted molar refractivity (Wildman–Crippen MR) is 150 cm³/mol. The van der Waals surface area contributed by atoms with Crippen LogP contribution in [-0.4, -0.2) is 34.2 Å². The van der Waals surface area contributed by atoms with Gasteiger partial charge in [-0.3, -0.25) is 4.79 Å². The molecule has 2 N–H and O–H groups in total. The second-order valence-electron chi connectivity index (χ2n) is 9.09. The van der Waals surface area contributed by atoms with Gasteiger partial charge in [-0.05, 0) is 50.1 Å². The maximum absolute atomic E-state index is 13.3. The van der Waals surface area contributed by atoms with Crippen molar-refractivity contribution in [3.8, 4) is 11.8 Å². The number of ether oxygens (including phenoxy) is 1. The summed E-state index contributed by atoms with van der Waals surface area (Å²) < 4.78 is 6.82. The Morgan fingerprint density at radius 2 is 1.74 bits per heavy atom. The van der Waals surface area contributed by atoms with Crippen molar-refractivity contribution in [1.29, 1.82) is 5.26 Å². The summed E-state index contributed by atoms with van der Waals surface area (Å²) in [5.41, 5.74) is 3.19. The summed E-state index contributed by atoms with van der Waals surface area (Å²) in [5.74, 6) is 0.0349.